The van der Waals surface area contributed by atoms with E-state index in [9.17, 15) is 13.2 Å². The maximum atomic E-state index is 12.0. The predicted molar refractivity (Wildman–Crippen MR) is 94.1 cm³/mol. The standard InChI is InChI=1S/C15H20N4O3S.ClH/c20-14(19-10-8-16-9-11-19)6-3-7-17-15-12-4-1-2-5-13(12)23(21,22)18-15;/h1-2,4-5,16H,3,6-11H2,(H,17,18);1H. The van der Waals surface area contributed by atoms with Gasteiger partial charge in [-0.25, -0.2) is 8.42 Å². The SMILES string of the molecule is Cl.O=C(CCCN=C1NS(=O)(=O)c2ccccc21)N1CCNCC1. The fourth-order valence-corrected chi connectivity index (χ4v) is 4.00. The minimum absolute atomic E-state index is 0. The van der Waals surface area contributed by atoms with Crippen molar-refractivity contribution in [2.24, 2.45) is 4.99 Å². The largest absolute Gasteiger partial charge is 0.340 e. The zero-order chi connectivity index (χ0) is 16.3. The van der Waals surface area contributed by atoms with Crippen molar-refractivity contribution in [2.45, 2.75) is 17.7 Å². The van der Waals surface area contributed by atoms with E-state index in [1.165, 1.54) is 0 Å². The normalized spacial score (nSPS) is 20.2. The van der Waals surface area contributed by atoms with Crippen LogP contribution in [-0.2, 0) is 14.8 Å². The average molecular weight is 373 g/mol. The molecular weight excluding hydrogens is 352 g/mol. The first-order valence-electron chi connectivity index (χ1n) is 7.73. The first-order chi connectivity index (χ1) is 11.1. The third-order valence-corrected chi connectivity index (χ3v) is 5.35. The van der Waals surface area contributed by atoms with Crippen LogP contribution in [0.5, 0.6) is 0 Å². The average Bonchev–Trinajstić information content (AvgIpc) is 2.83. The molecule has 2 aliphatic heterocycles. The summed E-state index contributed by atoms with van der Waals surface area (Å²) in [6.07, 6.45) is 1.04. The summed E-state index contributed by atoms with van der Waals surface area (Å²) in [5.74, 6) is 0.509. The molecule has 0 saturated carbocycles. The maximum Gasteiger partial charge on any atom is 0.263 e. The summed E-state index contributed by atoms with van der Waals surface area (Å²) < 4.78 is 26.4. The number of fused-ring (bicyclic) bond motifs is 1. The summed E-state index contributed by atoms with van der Waals surface area (Å²) in [7, 11) is -3.49. The number of amides is 1. The van der Waals surface area contributed by atoms with Crippen molar-refractivity contribution >= 4 is 34.2 Å². The van der Waals surface area contributed by atoms with Gasteiger partial charge in [-0.2, -0.15) is 0 Å². The summed E-state index contributed by atoms with van der Waals surface area (Å²) in [5.41, 5.74) is 0.598. The minimum atomic E-state index is -3.49. The van der Waals surface area contributed by atoms with Crippen molar-refractivity contribution in [2.75, 3.05) is 32.7 Å². The van der Waals surface area contributed by atoms with E-state index < -0.39 is 10.0 Å². The van der Waals surface area contributed by atoms with Crippen LogP contribution in [0.1, 0.15) is 18.4 Å². The van der Waals surface area contributed by atoms with Crippen molar-refractivity contribution in [3.05, 3.63) is 29.8 Å². The highest BCUT2D eigenvalue weighted by Gasteiger charge is 2.29. The molecule has 9 heteroatoms. The van der Waals surface area contributed by atoms with Crippen LogP contribution in [0.2, 0.25) is 0 Å². The minimum Gasteiger partial charge on any atom is -0.340 e. The lowest BCUT2D eigenvalue weighted by molar-refractivity contribution is -0.131. The van der Waals surface area contributed by atoms with Crippen LogP contribution >= 0.6 is 12.4 Å². The van der Waals surface area contributed by atoms with Gasteiger partial charge in [0.05, 0.1) is 4.90 Å². The van der Waals surface area contributed by atoms with E-state index in [4.69, 9.17) is 0 Å². The lowest BCUT2D eigenvalue weighted by Gasteiger charge is -2.27. The van der Waals surface area contributed by atoms with Crippen molar-refractivity contribution in [1.29, 1.82) is 0 Å². The molecule has 0 spiro atoms. The number of benzene rings is 1. The number of rotatable bonds is 4. The van der Waals surface area contributed by atoms with E-state index in [1.807, 2.05) is 4.90 Å². The molecule has 3 rings (SSSR count). The second-order valence-electron chi connectivity index (χ2n) is 5.57. The van der Waals surface area contributed by atoms with Gasteiger partial charge in [0.15, 0.2) is 0 Å². The first-order valence-corrected chi connectivity index (χ1v) is 9.21. The van der Waals surface area contributed by atoms with Gasteiger partial charge in [-0.15, -0.1) is 12.4 Å². The molecule has 1 aromatic rings. The highest BCUT2D eigenvalue weighted by Crippen LogP contribution is 2.22. The number of carbonyl (C=O) groups is 1. The Balaban J connectivity index is 0.00000208. The number of piperazine rings is 1. The number of amidine groups is 1. The van der Waals surface area contributed by atoms with Gasteiger partial charge in [0.2, 0.25) is 5.91 Å². The summed E-state index contributed by atoms with van der Waals surface area (Å²) in [4.78, 5) is 18.5. The predicted octanol–water partition coefficient (Wildman–Crippen LogP) is 0.359. The molecule has 2 heterocycles. The van der Waals surface area contributed by atoms with Crippen LogP contribution in [0.3, 0.4) is 0 Å². The Labute approximate surface area is 148 Å². The van der Waals surface area contributed by atoms with Crippen molar-refractivity contribution in [1.82, 2.24) is 14.9 Å². The smallest absolute Gasteiger partial charge is 0.263 e. The fraction of sp³-hybridized carbons (Fsp3) is 0.467. The molecule has 2 N–H and O–H groups in total. The van der Waals surface area contributed by atoms with Crippen LogP contribution in [0.25, 0.3) is 0 Å². The lowest BCUT2D eigenvalue weighted by atomic mass is 10.2. The van der Waals surface area contributed by atoms with Crippen LogP contribution in [0.15, 0.2) is 34.2 Å². The van der Waals surface area contributed by atoms with Gasteiger partial charge in [0, 0.05) is 44.7 Å². The first kappa shape index (κ1) is 18.7. The van der Waals surface area contributed by atoms with Gasteiger partial charge in [0.1, 0.15) is 5.84 Å². The number of hydrogen-bond acceptors (Lipinski definition) is 5. The summed E-state index contributed by atoms with van der Waals surface area (Å²) in [5, 5.41) is 3.21. The molecule has 1 fully saturated rings. The molecule has 0 aromatic heterocycles. The van der Waals surface area contributed by atoms with Gasteiger partial charge in [-0.05, 0) is 18.6 Å². The quantitative estimate of drug-likeness (QED) is 0.746. The molecule has 1 aromatic carbocycles. The third kappa shape index (κ3) is 4.06. The molecule has 0 bridgehead atoms. The number of carbonyl (C=O) groups excluding carboxylic acids is 1. The lowest BCUT2D eigenvalue weighted by Crippen LogP contribution is -2.46. The zero-order valence-corrected chi connectivity index (χ0v) is 14.8. The highest BCUT2D eigenvalue weighted by atomic mass is 35.5. The second-order valence-corrected chi connectivity index (χ2v) is 7.22. The topological polar surface area (TPSA) is 90.9 Å². The Kier molecular flexibility index (Phi) is 6.20. The Hall–Kier alpha value is -1.64. The fourth-order valence-electron chi connectivity index (χ4n) is 2.74. The van der Waals surface area contributed by atoms with Gasteiger partial charge in [-0.3, -0.25) is 14.5 Å². The van der Waals surface area contributed by atoms with Gasteiger partial charge >= 0.3 is 0 Å². The number of sulfonamides is 1. The number of nitrogens with zero attached hydrogens (tertiary/aromatic N) is 2. The number of halogens is 1. The third-order valence-electron chi connectivity index (χ3n) is 3.95. The van der Waals surface area contributed by atoms with Crippen molar-refractivity contribution in [3.63, 3.8) is 0 Å². The van der Waals surface area contributed by atoms with Crippen molar-refractivity contribution in [3.8, 4) is 0 Å². The van der Waals surface area contributed by atoms with Gasteiger partial charge in [0.25, 0.3) is 10.0 Å². The van der Waals surface area contributed by atoms with Gasteiger partial charge in [-0.1, -0.05) is 12.1 Å². The van der Waals surface area contributed by atoms with E-state index in [-0.39, 0.29) is 23.2 Å². The Morgan fingerprint density at radius 2 is 1.92 bits per heavy atom. The molecule has 7 nitrogen and oxygen atoms in total. The molecule has 132 valence electrons. The highest BCUT2D eigenvalue weighted by molar-refractivity contribution is 7.90. The summed E-state index contributed by atoms with van der Waals surface area (Å²) >= 11 is 0. The monoisotopic (exact) mass is 372 g/mol. The Bertz CT molecular complexity index is 730. The van der Waals surface area contributed by atoms with Crippen LogP contribution in [0.4, 0.5) is 0 Å². The molecule has 1 saturated heterocycles. The molecule has 0 atom stereocenters. The van der Waals surface area contributed by atoms with Crippen LogP contribution in [-0.4, -0.2) is 57.8 Å². The summed E-state index contributed by atoms with van der Waals surface area (Å²) in [6.45, 7) is 3.60. The second kappa shape index (κ2) is 7.96. The Morgan fingerprint density at radius 1 is 1.21 bits per heavy atom. The van der Waals surface area contributed by atoms with E-state index in [0.29, 0.717) is 30.8 Å². The van der Waals surface area contributed by atoms with E-state index >= 15 is 0 Å². The number of nitrogens with one attached hydrogen (secondary N) is 2. The van der Waals surface area contributed by atoms with Crippen LogP contribution in [0, 0.1) is 0 Å². The Morgan fingerprint density at radius 3 is 2.67 bits per heavy atom. The van der Waals surface area contributed by atoms with Crippen molar-refractivity contribution < 1.29 is 13.2 Å². The van der Waals surface area contributed by atoms with E-state index in [1.54, 1.807) is 24.3 Å². The molecule has 2 aliphatic rings. The maximum absolute atomic E-state index is 12.0. The molecule has 0 unspecified atom stereocenters. The van der Waals surface area contributed by atoms with E-state index in [2.05, 4.69) is 15.0 Å². The molecular formula is C15H21ClN4O3S. The zero-order valence-electron chi connectivity index (χ0n) is 13.2. The molecule has 1 amide bonds. The van der Waals surface area contributed by atoms with Crippen LogP contribution < -0.4 is 10.0 Å². The van der Waals surface area contributed by atoms with E-state index in [0.717, 1.165) is 26.2 Å². The molecule has 0 radical (unpaired) electrons. The van der Waals surface area contributed by atoms with Gasteiger partial charge < -0.3 is 10.2 Å². The molecule has 0 aliphatic carbocycles. The number of aliphatic imine (C=N–C) groups is 1. The summed E-state index contributed by atoms with van der Waals surface area (Å²) in [6, 6.07) is 6.77. The molecule has 24 heavy (non-hydrogen) atoms. The number of hydrogen-bond donors (Lipinski definition) is 2.